The summed E-state index contributed by atoms with van der Waals surface area (Å²) in [4.78, 5) is 0. The Labute approximate surface area is 86.7 Å². The zero-order valence-corrected chi connectivity index (χ0v) is 8.38. The molecule has 15 heavy (non-hydrogen) atoms. The average molecular weight is 207 g/mol. The number of anilines is 1. The van der Waals surface area contributed by atoms with E-state index in [1.54, 1.807) is 17.1 Å². The van der Waals surface area contributed by atoms with E-state index in [1.807, 2.05) is 6.92 Å². The molecule has 0 radical (unpaired) electrons. The van der Waals surface area contributed by atoms with Gasteiger partial charge in [-0.2, -0.15) is 10.2 Å². The molecule has 1 unspecified atom stereocenters. The quantitative estimate of drug-likeness (QED) is 0.674. The lowest BCUT2D eigenvalue weighted by Gasteiger charge is -2.05. The first kappa shape index (κ1) is 9.72. The van der Waals surface area contributed by atoms with Crippen molar-refractivity contribution in [3.05, 3.63) is 29.7 Å². The molecule has 2 aromatic rings. The molecule has 6 nitrogen and oxygen atoms in total. The first-order chi connectivity index (χ1) is 7.22. The molecule has 0 aliphatic rings. The first-order valence-corrected chi connectivity index (χ1v) is 4.71. The van der Waals surface area contributed by atoms with Gasteiger partial charge in [-0.15, -0.1) is 0 Å². The highest BCUT2D eigenvalue weighted by Gasteiger charge is 2.16. The monoisotopic (exact) mass is 207 g/mol. The highest BCUT2D eigenvalue weighted by molar-refractivity contribution is 5.42. The summed E-state index contributed by atoms with van der Waals surface area (Å²) in [5.74, 6) is 0.381. The van der Waals surface area contributed by atoms with Crippen LogP contribution in [-0.2, 0) is 6.54 Å². The predicted molar refractivity (Wildman–Crippen MR) is 55.0 cm³/mol. The second-order valence-electron chi connectivity index (χ2n) is 3.27. The maximum absolute atomic E-state index is 9.98. The van der Waals surface area contributed by atoms with Crippen LogP contribution < -0.4 is 5.73 Å². The second kappa shape index (κ2) is 3.74. The molecule has 4 N–H and O–H groups in total. The van der Waals surface area contributed by atoms with Crippen molar-refractivity contribution in [1.82, 2.24) is 20.0 Å². The van der Waals surface area contributed by atoms with Gasteiger partial charge in [0, 0.05) is 23.9 Å². The van der Waals surface area contributed by atoms with Crippen LogP contribution in [0.4, 0.5) is 5.82 Å². The maximum atomic E-state index is 9.98. The van der Waals surface area contributed by atoms with E-state index >= 15 is 0 Å². The van der Waals surface area contributed by atoms with Gasteiger partial charge in [0.25, 0.3) is 0 Å². The largest absolute Gasteiger partial charge is 0.384 e. The maximum Gasteiger partial charge on any atom is 0.125 e. The number of nitrogen functional groups attached to an aromatic ring is 1. The Bertz CT molecular complexity index is 447. The van der Waals surface area contributed by atoms with Crippen molar-refractivity contribution >= 4 is 5.82 Å². The molecule has 0 spiro atoms. The van der Waals surface area contributed by atoms with E-state index in [-0.39, 0.29) is 0 Å². The normalized spacial score (nSPS) is 12.9. The number of H-pyrrole nitrogens is 1. The highest BCUT2D eigenvalue weighted by atomic mass is 16.3. The van der Waals surface area contributed by atoms with Gasteiger partial charge in [-0.05, 0) is 6.92 Å². The van der Waals surface area contributed by atoms with E-state index in [9.17, 15) is 5.11 Å². The van der Waals surface area contributed by atoms with Crippen LogP contribution in [0, 0.1) is 0 Å². The lowest BCUT2D eigenvalue weighted by molar-refractivity contribution is 0.221. The summed E-state index contributed by atoms with van der Waals surface area (Å²) in [7, 11) is 0. The van der Waals surface area contributed by atoms with Crippen molar-refractivity contribution in [3.8, 4) is 0 Å². The Morgan fingerprint density at radius 3 is 2.93 bits per heavy atom. The van der Waals surface area contributed by atoms with Crippen LogP contribution in [0.2, 0.25) is 0 Å². The summed E-state index contributed by atoms with van der Waals surface area (Å²) in [5, 5.41) is 20.4. The number of nitrogens with two attached hydrogens (primary N) is 1. The zero-order valence-electron chi connectivity index (χ0n) is 8.38. The molecule has 0 fully saturated rings. The summed E-state index contributed by atoms with van der Waals surface area (Å²) in [5.41, 5.74) is 6.90. The van der Waals surface area contributed by atoms with Crippen molar-refractivity contribution in [2.75, 3.05) is 5.73 Å². The van der Waals surface area contributed by atoms with Gasteiger partial charge in [-0.3, -0.25) is 9.78 Å². The van der Waals surface area contributed by atoms with E-state index in [0.717, 1.165) is 6.54 Å². The Balaban J connectivity index is 2.28. The van der Waals surface area contributed by atoms with Crippen LogP contribution in [0.5, 0.6) is 0 Å². The van der Waals surface area contributed by atoms with Gasteiger partial charge < -0.3 is 10.8 Å². The summed E-state index contributed by atoms with van der Waals surface area (Å²) in [6, 6.07) is 0. The topological polar surface area (TPSA) is 92.8 Å². The number of hydrogen-bond acceptors (Lipinski definition) is 4. The second-order valence-corrected chi connectivity index (χ2v) is 3.27. The van der Waals surface area contributed by atoms with Gasteiger partial charge in [-0.25, -0.2) is 0 Å². The van der Waals surface area contributed by atoms with Gasteiger partial charge in [0.05, 0.1) is 12.4 Å². The summed E-state index contributed by atoms with van der Waals surface area (Å²) in [6.45, 7) is 2.75. The molecule has 0 amide bonds. The molecule has 2 heterocycles. The Kier molecular flexibility index (Phi) is 2.42. The van der Waals surface area contributed by atoms with Gasteiger partial charge in [0.15, 0.2) is 0 Å². The van der Waals surface area contributed by atoms with Crippen molar-refractivity contribution in [1.29, 1.82) is 0 Å². The molecule has 0 saturated carbocycles. The van der Waals surface area contributed by atoms with E-state index in [0.29, 0.717) is 16.9 Å². The highest BCUT2D eigenvalue weighted by Crippen LogP contribution is 2.24. The third-order valence-corrected chi connectivity index (χ3v) is 2.29. The molecule has 2 rings (SSSR count). The Morgan fingerprint density at radius 1 is 1.60 bits per heavy atom. The fourth-order valence-electron chi connectivity index (χ4n) is 1.40. The molecule has 6 heteroatoms. The number of rotatable bonds is 3. The minimum atomic E-state index is -0.774. The van der Waals surface area contributed by atoms with Crippen LogP contribution >= 0.6 is 0 Å². The summed E-state index contributed by atoms with van der Waals surface area (Å²) in [6.07, 6.45) is 4.16. The van der Waals surface area contributed by atoms with Crippen LogP contribution in [0.25, 0.3) is 0 Å². The van der Waals surface area contributed by atoms with Crippen LogP contribution in [0.15, 0.2) is 18.6 Å². The van der Waals surface area contributed by atoms with Gasteiger partial charge >= 0.3 is 0 Å². The Hall–Kier alpha value is -1.82. The SMILES string of the molecule is CCn1cc(C(O)c2cn[nH]c2N)cn1. The van der Waals surface area contributed by atoms with Gasteiger partial charge in [0.2, 0.25) is 0 Å². The molecule has 0 saturated heterocycles. The van der Waals surface area contributed by atoms with Crippen molar-refractivity contribution in [2.24, 2.45) is 0 Å². The van der Waals surface area contributed by atoms with Crippen molar-refractivity contribution < 1.29 is 5.11 Å². The molecule has 0 aliphatic carbocycles. The number of aromatic amines is 1. The van der Waals surface area contributed by atoms with E-state index < -0.39 is 6.10 Å². The summed E-state index contributed by atoms with van der Waals surface area (Å²) >= 11 is 0. The molecule has 0 aliphatic heterocycles. The number of nitrogens with zero attached hydrogens (tertiary/aromatic N) is 3. The zero-order chi connectivity index (χ0) is 10.8. The molecule has 0 aromatic carbocycles. The number of aliphatic hydroxyl groups is 1. The first-order valence-electron chi connectivity index (χ1n) is 4.71. The predicted octanol–water partition coefficient (Wildman–Crippen LogP) is 0.290. The van der Waals surface area contributed by atoms with Gasteiger partial charge in [-0.1, -0.05) is 0 Å². The standard InChI is InChI=1S/C9H13N5O/c1-2-14-5-6(3-12-14)8(15)7-4-11-13-9(7)10/h3-5,8,15H,2H2,1H3,(H3,10,11,13). The lowest BCUT2D eigenvalue weighted by Crippen LogP contribution is -2.01. The van der Waals surface area contributed by atoms with Gasteiger partial charge in [0.1, 0.15) is 11.9 Å². The smallest absolute Gasteiger partial charge is 0.125 e. The summed E-state index contributed by atoms with van der Waals surface area (Å²) < 4.78 is 1.74. The van der Waals surface area contributed by atoms with Crippen molar-refractivity contribution in [3.63, 3.8) is 0 Å². The molecule has 1 atom stereocenters. The number of aryl methyl sites for hydroxylation is 1. The number of hydrogen-bond donors (Lipinski definition) is 3. The molecule has 80 valence electrons. The molecule has 2 aromatic heterocycles. The van der Waals surface area contributed by atoms with E-state index in [2.05, 4.69) is 15.3 Å². The number of nitrogens with one attached hydrogen (secondary N) is 1. The van der Waals surface area contributed by atoms with Crippen LogP contribution in [-0.4, -0.2) is 25.1 Å². The third-order valence-electron chi connectivity index (χ3n) is 2.29. The average Bonchev–Trinajstić information content (AvgIpc) is 2.84. The van der Waals surface area contributed by atoms with Crippen LogP contribution in [0.1, 0.15) is 24.2 Å². The molecular weight excluding hydrogens is 194 g/mol. The molecular formula is C9H13N5O. The minimum Gasteiger partial charge on any atom is -0.384 e. The minimum absolute atomic E-state index is 0.381. The third kappa shape index (κ3) is 1.71. The van der Waals surface area contributed by atoms with Crippen LogP contribution in [0.3, 0.4) is 0 Å². The number of aliphatic hydroxyl groups excluding tert-OH is 1. The molecule has 0 bridgehead atoms. The lowest BCUT2D eigenvalue weighted by atomic mass is 10.1. The fraction of sp³-hybridized carbons (Fsp3) is 0.333. The van der Waals surface area contributed by atoms with E-state index in [1.165, 1.54) is 6.20 Å². The number of aromatic nitrogens is 4. The fourth-order valence-corrected chi connectivity index (χ4v) is 1.40. The Morgan fingerprint density at radius 2 is 2.40 bits per heavy atom. The van der Waals surface area contributed by atoms with E-state index in [4.69, 9.17) is 5.73 Å². The van der Waals surface area contributed by atoms with Crippen molar-refractivity contribution in [2.45, 2.75) is 19.6 Å².